The summed E-state index contributed by atoms with van der Waals surface area (Å²) >= 11 is 5.92. The summed E-state index contributed by atoms with van der Waals surface area (Å²) in [5.41, 5.74) is 0.929. The normalized spacial score (nSPS) is 11.3. The van der Waals surface area contributed by atoms with Crippen LogP contribution < -0.4 is 4.72 Å². The van der Waals surface area contributed by atoms with Crippen molar-refractivity contribution in [3.63, 3.8) is 0 Å². The summed E-state index contributed by atoms with van der Waals surface area (Å²) < 4.78 is 28.4. The number of pyridine rings is 1. The summed E-state index contributed by atoms with van der Waals surface area (Å²) in [6.07, 6.45) is 4.82. The topological polar surface area (TPSA) is 89.8 Å². The first kappa shape index (κ1) is 15.4. The molecule has 0 aliphatic carbocycles. The van der Waals surface area contributed by atoms with Gasteiger partial charge in [-0.1, -0.05) is 29.8 Å². The van der Waals surface area contributed by atoms with Crippen molar-refractivity contribution in [1.82, 2.24) is 19.7 Å². The van der Waals surface area contributed by atoms with Crippen molar-refractivity contribution >= 4 is 27.6 Å². The van der Waals surface area contributed by atoms with E-state index in [2.05, 4.69) is 19.8 Å². The van der Waals surface area contributed by atoms with Crippen molar-refractivity contribution in [1.29, 1.82) is 0 Å². The minimum absolute atomic E-state index is 0.0196. The average molecular weight is 350 g/mol. The van der Waals surface area contributed by atoms with Gasteiger partial charge in [-0.15, -0.1) is 5.10 Å². The van der Waals surface area contributed by atoms with Gasteiger partial charge >= 0.3 is 0 Å². The zero-order valence-electron chi connectivity index (χ0n) is 11.8. The van der Waals surface area contributed by atoms with Gasteiger partial charge in [-0.25, -0.2) is 17.8 Å². The van der Waals surface area contributed by atoms with Gasteiger partial charge in [-0.2, -0.15) is 4.98 Å². The molecule has 0 aliphatic rings. The number of halogens is 1. The standard InChI is InChI=1S/C14H12ClN5O2S/c15-12-5-1-2-6-13(12)23(21,22)19-14-17-10-20(18-14)9-11-4-3-7-16-8-11/h1-8,10H,9H2,(H,18,19). The van der Waals surface area contributed by atoms with Gasteiger partial charge < -0.3 is 0 Å². The largest absolute Gasteiger partial charge is 0.265 e. The van der Waals surface area contributed by atoms with Gasteiger partial charge in [-0.3, -0.25) is 4.98 Å². The van der Waals surface area contributed by atoms with E-state index in [9.17, 15) is 8.42 Å². The monoisotopic (exact) mass is 349 g/mol. The third kappa shape index (κ3) is 3.66. The molecule has 0 atom stereocenters. The van der Waals surface area contributed by atoms with E-state index in [-0.39, 0.29) is 15.9 Å². The molecule has 1 aromatic carbocycles. The summed E-state index contributed by atoms with van der Waals surface area (Å²) in [6, 6.07) is 9.87. The van der Waals surface area contributed by atoms with Crippen molar-refractivity contribution in [2.75, 3.05) is 4.72 Å². The Balaban J connectivity index is 1.78. The van der Waals surface area contributed by atoms with Crippen LogP contribution in [0.4, 0.5) is 5.95 Å². The summed E-state index contributed by atoms with van der Waals surface area (Å²) in [5.74, 6) is -0.0196. The van der Waals surface area contributed by atoms with Gasteiger partial charge in [0, 0.05) is 12.4 Å². The average Bonchev–Trinajstić information content (AvgIpc) is 2.95. The van der Waals surface area contributed by atoms with Gasteiger partial charge in [0.1, 0.15) is 11.2 Å². The Bertz CT molecular complexity index is 912. The van der Waals surface area contributed by atoms with Gasteiger partial charge in [0.05, 0.1) is 11.6 Å². The van der Waals surface area contributed by atoms with Crippen LogP contribution in [0.15, 0.2) is 60.0 Å². The number of rotatable bonds is 5. The molecule has 2 heterocycles. The second-order valence-electron chi connectivity index (χ2n) is 4.66. The summed E-state index contributed by atoms with van der Waals surface area (Å²) in [5, 5.41) is 4.22. The molecule has 0 saturated heterocycles. The predicted octanol–water partition coefficient (Wildman–Crippen LogP) is 2.18. The number of nitrogens with one attached hydrogen (secondary N) is 1. The van der Waals surface area contributed by atoms with Gasteiger partial charge in [0.25, 0.3) is 16.0 Å². The number of aromatic nitrogens is 4. The van der Waals surface area contributed by atoms with E-state index in [0.717, 1.165) is 5.56 Å². The van der Waals surface area contributed by atoms with Crippen LogP contribution in [0.5, 0.6) is 0 Å². The van der Waals surface area contributed by atoms with Gasteiger partial charge in [0.15, 0.2) is 0 Å². The molecule has 0 saturated carbocycles. The highest BCUT2D eigenvalue weighted by Crippen LogP contribution is 2.22. The predicted molar refractivity (Wildman–Crippen MR) is 85.6 cm³/mol. The van der Waals surface area contributed by atoms with Gasteiger partial charge in [0.2, 0.25) is 0 Å². The van der Waals surface area contributed by atoms with Crippen LogP contribution in [0.1, 0.15) is 5.56 Å². The van der Waals surface area contributed by atoms with E-state index in [1.54, 1.807) is 24.5 Å². The fourth-order valence-electron chi connectivity index (χ4n) is 1.93. The maximum atomic E-state index is 12.3. The third-order valence-electron chi connectivity index (χ3n) is 2.96. The first-order valence-electron chi connectivity index (χ1n) is 6.60. The van der Waals surface area contributed by atoms with Crippen LogP contribution in [0.2, 0.25) is 5.02 Å². The molecule has 7 nitrogen and oxygen atoms in total. The SMILES string of the molecule is O=S(=O)(Nc1ncn(Cc2cccnc2)n1)c1ccccc1Cl. The van der Waals surface area contributed by atoms with Crippen LogP contribution in [0.25, 0.3) is 0 Å². The minimum atomic E-state index is -3.84. The van der Waals surface area contributed by atoms with Crippen molar-refractivity contribution < 1.29 is 8.42 Å². The van der Waals surface area contributed by atoms with E-state index < -0.39 is 10.0 Å². The molecule has 0 spiro atoms. The first-order chi connectivity index (χ1) is 11.0. The summed E-state index contributed by atoms with van der Waals surface area (Å²) in [4.78, 5) is 7.94. The highest BCUT2D eigenvalue weighted by molar-refractivity contribution is 7.92. The fourth-order valence-corrected chi connectivity index (χ4v) is 3.40. The van der Waals surface area contributed by atoms with Crippen LogP contribution in [0, 0.1) is 0 Å². The van der Waals surface area contributed by atoms with E-state index in [4.69, 9.17) is 11.6 Å². The number of anilines is 1. The maximum Gasteiger partial charge on any atom is 0.265 e. The molecular formula is C14H12ClN5O2S. The molecule has 0 amide bonds. The Hall–Kier alpha value is -2.45. The number of hydrogen-bond acceptors (Lipinski definition) is 5. The molecule has 9 heteroatoms. The number of benzene rings is 1. The van der Waals surface area contributed by atoms with Crippen LogP contribution >= 0.6 is 11.6 Å². The van der Waals surface area contributed by atoms with E-state index in [1.807, 2.05) is 12.1 Å². The van der Waals surface area contributed by atoms with Crippen LogP contribution in [-0.2, 0) is 16.6 Å². The first-order valence-corrected chi connectivity index (χ1v) is 8.46. The highest BCUT2D eigenvalue weighted by atomic mass is 35.5. The number of nitrogens with zero attached hydrogens (tertiary/aromatic N) is 4. The molecule has 0 aliphatic heterocycles. The van der Waals surface area contributed by atoms with Crippen molar-refractivity contribution in [3.05, 3.63) is 65.7 Å². The van der Waals surface area contributed by atoms with Crippen LogP contribution in [0.3, 0.4) is 0 Å². The van der Waals surface area contributed by atoms with E-state index >= 15 is 0 Å². The van der Waals surface area contributed by atoms with Crippen molar-refractivity contribution in [2.24, 2.45) is 0 Å². The Labute approximate surface area is 138 Å². The maximum absolute atomic E-state index is 12.3. The molecule has 0 radical (unpaired) electrons. The second kappa shape index (κ2) is 6.35. The molecule has 1 N–H and O–H groups in total. The third-order valence-corrected chi connectivity index (χ3v) is 4.78. The van der Waals surface area contributed by atoms with Crippen molar-refractivity contribution in [2.45, 2.75) is 11.4 Å². The lowest BCUT2D eigenvalue weighted by Crippen LogP contribution is -2.14. The van der Waals surface area contributed by atoms with Gasteiger partial charge in [-0.05, 0) is 23.8 Å². The zero-order chi connectivity index (χ0) is 16.3. The molecule has 0 fully saturated rings. The molecular weight excluding hydrogens is 338 g/mol. The summed E-state index contributed by atoms with van der Waals surface area (Å²) in [6.45, 7) is 0.439. The Morgan fingerprint density at radius 3 is 2.74 bits per heavy atom. The second-order valence-corrected chi connectivity index (χ2v) is 6.72. The molecule has 3 aromatic rings. The molecule has 2 aromatic heterocycles. The lowest BCUT2D eigenvalue weighted by atomic mass is 10.3. The zero-order valence-corrected chi connectivity index (χ0v) is 13.4. The number of hydrogen-bond donors (Lipinski definition) is 1. The lowest BCUT2D eigenvalue weighted by Gasteiger charge is -2.06. The molecule has 0 unspecified atom stereocenters. The molecule has 3 rings (SSSR count). The van der Waals surface area contributed by atoms with Crippen molar-refractivity contribution in [3.8, 4) is 0 Å². The smallest absolute Gasteiger partial charge is 0.264 e. The molecule has 0 bridgehead atoms. The lowest BCUT2D eigenvalue weighted by molar-refractivity contribution is 0.600. The number of sulfonamides is 1. The molecule has 118 valence electrons. The van der Waals surface area contributed by atoms with Crippen LogP contribution in [-0.4, -0.2) is 28.2 Å². The van der Waals surface area contributed by atoms with E-state index in [1.165, 1.54) is 23.1 Å². The Kier molecular flexibility index (Phi) is 4.26. The molecule has 23 heavy (non-hydrogen) atoms. The Morgan fingerprint density at radius 2 is 2.00 bits per heavy atom. The fraction of sp³-hybridized carbons (Fsp3) is 0.0714. The Morgan fingerprint density at radius 1 is 1.17 bits per heavy atom. The highest BCUT2D eigenvalue weighted by Gasteiger charge is 2.19. The summed E-state index contributed by atoms with van der Waals surface area (Å²) in [7, 11) is -3.84. The minimum Gasteiger partial charge on any atom is -0.264 e. The quantitative estimate of drug-likeness (QED) is 0.762. The van der Waals surface area contributed by atoms with E-state index in [0.29, 0.717) is 6.54 Å².